The summed E-state index contributed by atoms with van der Waals surface area (Å²) in [6.45, 7) is 0.663. The van der Waals surface area contributed by atoms with Crippen LogP contribution in [-0.4, -0.2) is 199 Å². The Labute approximate surface area is 555 Å². The summed E-state index contributed by atoms with van der Waals surface area (Å²) in [6, 6.07) is 19.5. The van der Waals surface area contributed by atoms with Crippen LogP contribution in [0.1, 0.15) is 94.2 Å². The molecule has 0 saturated heterocycles. The minimum absolute atomic E-state index is 0.0100. The van der Waals surface area contributed by atoms with Gasteiger partial charge in [0, 0.05) is 111 Å². The Kier molecular flexibility index (Phi) is 26.8. The molecule has 0 aliphatic carbocycles. The van der Waals surface area contributed by atoms with E-state index in [0.717, 1.165) is 0 Å². The topological polar surface area (TPSA) is 451 Å². The lowest BCUT2D eigenvalue weighted by atomic mass is 9.77. The second-order valence-electron chi connectivity index (χ2n) is 22.6. The second kappa shape index (κ2) is 35.2. The summed E-state index contributed by atoms with van der Waals surface area (Å²) in [5, 5.41) is 105. The third kappa shape index (κ3) is 21.6. The van der Waals surface area contributed by atoms with Crippen LogP contribution in [-0.2, 0) is 79.3 Å². The van der Waals surface area contributed by atoms with Crippen LogP contribution in [0, 0.1) is 0 Å². The molecular formula is C65H76N8O22S. The number of ether oxygens (including phenoxy) is 4. The predicted molar refractivity (Wildman–Crippen MR) is 344 cm³/mol. The first-order valence-electron chi connectivity index (χ1n) is 30.6. The number of carbonyl (C=O) groups is 9. The van der Waals surface area contributed by atoms with Gasteiger partial charge in [-0.1, -0.05) is 30.3 Å². The van der Waals surface area contributed by atoms with E-state index >= 15 is 0 Å². The first kappa shape index (κ1) is 73.1. The number of aromatic hydroxyl groups is 4. The van der Waals surface area contributed by atoms with Crippen LogP contribution < -0.4 is 36.6 Å². The van der Waals surface area contributed by atoms with Gasteiger partial charge < -0.3 is 96.8 Å². The van der Waals surface area contributed by atoms with Gasteiger partial charge in [0.2, 0.25) is 11.8 Å². The van der Waals surface area contributed by atoms with Crippen LogP contribution in [0.25, 0.3) is 0 Å². The number of rotatable bonds is 39. The summed E-state index contributed by atoms with van der Waals surface area (Å²) in [6.07, 6.45) is 0.133. The summed E-state index contributed by atoms with van der Waals surface area (Å²) in [5.74, 6) is -7.58. The largest absolute Gasteiger partial charge is 0.508 e. The molecular weight excluding hydrogens is 1280 g/mol. The van der Waals surface area contributed by atoms with Crippen LogP contribution >= 0.6 is 12.2 Å². The molecule has 2 aliphatic heterocycles. The van der Waals surface area contributed by atoms with E-state index in [1.165, 1.54) is 46.2 Å². The number of urea groups is 1. The van der Waals surface area contributed by atoms with Crippen molar-refractivity contribution in [1.29, 1.82) is 0 Å². The number of carbonyl (C=O) groups excluding carboxylic acids is 4. The highest BCUT2D eigenvalue weighted by Gasteiger charge is 2.54. The van der Waals surface area contributed by atoms with Gasteiger partial charge in [0.05, 0.1) is 45.1 Å². The van der Waals surface area contributed by atoms with Crippen LogP contribution in [0.5, 0.6) is 34.5 Å². The smallest absolute Gasteiger partial charge is 0.340 e. The number of nitrogens with zero attached hydrogens (tertiary/aromatic N) is 2. The number of hydrogen-bond donors (Lipinski definition) is 15. The zero-order valence-corrected chi connectivity index (χ0v) is 52.8. The van der Waals surface area contributed by atoms with Crippen molar-refractivity contribution in [3.63, 3.8) is 0 Å². The quantitative estimate of drug-likeness (QED) is 0.0151. The van der Waals surface area contributed by atoms with E-state index in [0.29, 0.717) is 57.6 Å². The van der Waals surface area contributed by atoms with E-state index in [-0.39, 0.29) is 161 Å². The number of phenols is 4. The van der Waals surface area contributed by atoms with E-state index in [1.54, 1.807) is 54.6 Å². The molecule has 1 spiro atoms. The van der Waals surface area contributed by atoms with E-state index < -0.39 is 85.5 Å². The van der Waals surface area contributed by atoms with Crippen molar-refractivity contribution in [3.8, 4) is 34.5 Å². The molecule has 2 heterocycles. The molecule has 4 amide bonds. The lowest BCUT2D eigenvalue weighted by Gasteiger charge is -2.36. The number of amides is 4. The molecule has 5 aromatic carbocycles. The van der Waals surface area contributed by atoms with Crippen molar-refractivity contribution in [2.24, 2.45) is 0 Å². The van der Waals surface area contributed by atoms with Crippen molar-refractivity contribution < 1.29 is 108 Å². The molecule has 31 heteroatoms. The Hall–Kier alpha value is -10.3. The third-order valence-corrected chi connectivity index (χ3v) is 15.7. The lowest BCUT2D eigenvalue weighted by molar-refractivity contribution is -0.141. The number of anilines is 1. The number of fused-ring (bicyclic) bond motifs is 6. The minimum atomic E-state index is -1.56. The van der Waals surface area contributed by atoms with Crippen molar-refractivity contribution in [2.75, 3.05) is 77.6 Å². The molecule has 5 aromatic rings. The molecule has 30 nitrogen and oxygen atoms in total. The number of benzene rings is 5. The first-order valence-corrected chi connectivity index (χ1v) is 31.0. The number of esters is 1. The minimum Gasteiger partial charge on any atom is -0.508 e. The number of aryl methyl sites for hydroxylation is 2. The van der Waals surface area contributed by atoms with E-state index in [2.05, 4.69) is 31.9 Å². The summed E-state index contributed by atoms with van der Waals surface area (Å²) in [4.78, 5) is 112. The Morgan fingerprint density at radius 3 is 1.55 bits per heavy atom. The van der Waals surface area contributed by atoms with Gasteiger partial charge >= 0.3 is 41.8 Å². The van der Waals surface area contributed by atoms with Gasteiger partial charge in [0.25, 0.3) is 0 Å². The fourth-order valence-electron chi connectivity index (χ4n) is 10.7. The highest BCUT2D eigenvalue weighted by molar-refractivity contribution is 7.80. The van der Waals surface area contributed by atoms with Crippen LogP contribution in [0.3, 0.4) is 0 Å². The van der Waals surface area contributed by atoms with Gasteiger partial charge in [-0.05, 0) is 110 Å². The Balaban J connectivity index is 0.771. The van der Waals surface area contributed by atoms with Gasteiger partial charge in [0.15, 0.2) is 10.7 Å². The van der Waals surface area contributed by atoms with E-state index in [9.17, 15) is 84.0 Å². The molecule has 0 aromatic heterocycles. The maximum atomic E-state index is 13.5. The monoisotopic (exact) mass is 1350 g/mol. The molecule has 96 heavy (non-hydrogen) atoms. The molecule has 15 N–H and O–H groups in total. The molecule has 0 radical (unpaired) electrons. The zero-order chi connectivity index (χ0) is 69.5. The number of carboxylic acids is 5. The van der Waals surface area contributed by atoms with Gasteiger partial charge in [-0.25, -0.2) is 19.2 Å². The molecule has 2 unspecified atom stereocenters. The normalized spacial score (nSPS) is 13.0. The predicted octanol–water partition coefficient (Wildman–Crippen LogP) is 3.91. The van der Waals surface area contributed by atoms with Crippen molar-refractivity contribution >= 4 is 76.7 Å². The number of nitrogens with one attached hydrogen (secondary N) is 6. The summed E-state index contributed by atoms with van der Waals surface area (Å²) in [5.41, 5.74) is 2.97. The molecule has 7 rings (SSSR count). The Morgan fingerprint density at radius 2 is 1.04 bits per heavy atom. The average molecular weight is 1350 g/mol. The summed E-state index contributed by atoms with van der Waals surface area (Å²) < 4.78 is 23.4. The molecule has 2 aliphatic rings. The van der Waals surface area contributed by atoms with Crippen molar-refractivity contribution in [1.82, 2.24) is 36.4 Å². The number of hydrogen-bond acceptors (Lipinski definition) is 20. The first-order chi connectivity index (χ1) is 45.9. The standard InChI is InChI=1S/C65H76N8O22S/c74-43-9-12-47-53(32-43)94-54-33-44(75)10-13-48(54)65(47)46-11-8-42(31-45(46)62(90)95-65)69-64(96)68-22-26-93-28-27-92-25-21-67-56(79)18-7-39-5-16-52(77)41(30-39)35-73(37-59(84)85)24-23-72(36-58(82)83)34-40-29-38(4-15-51(40)76)6-17-55(78)66-20-2-1-3-49(60(86)87)70-63(91)71-50(61(88)89)14-19-57(80)81/h4-5,8-13,15-16,29-33,49-50,74-77H,1-3,6-7,14,17-28,34-37H2,(H,66,78)(H,67,79)(H,80,81)(H,82,83)(H,84,85)(H,86,87)(H,88,89)(H2,68,69,96)(H2,70,71,91). The second-order valence-corrected chi connectivity index (χ2v) is 23.0. The SMILES string of the molecule is O=C(O)CCC(NC(=O)NC(CCCCNC(=O)CCc1ccc(O)c(CN(CCN(CC(=O)O)Cc2cc(CCC(=O)NCCOCCOCCNC(=S)Nc3ccc4c(c3)C(=O)OC43c4ccc(O)cc4Oc4cc(O)ccc43)ccc2O)CC(=O)O)c1)C(=O)O)C(=O)O. The zero-order valence-electron chi connectivity index (χ0n) is 52.0. The highest BCUT2D eigenvalue weighted by atomic mass is 32.1. The maximum absolute atomic E-state index is 13.5. The highest BCUT2D eigenvalue weighted by Crippen LogP contribution is 2.57. The molecule has 514 valence electrons. The van der Waals surface area contributed by atoms with Gasteiger partial charge in [-0.2, -0.15) is 0 Å². The van der Waals surface area contributed by atoms with Gasteiger partial charge in [0.1, 0.15) is 46.6 Å². The molecule has 0 fully saturated rings. The Morgan fingerprint density at radius 1 is 0.542 bits per heavy atom. The number of unbranched alkanes of at least 4 members (excludes halogenated alkanes) is 1. The van der Waals surface area contributed by atoms with E-state index in [1.807, 2.05) is 0 Å². The van der Waals surface area contributed by atoms with Crippen molar-refractivity contribution in [3.05, 3.63) is 136 Å². The van der Waals surface area contributed by atoms with Gasteiger partial charge in [-0.3, -0.25) is 33.8 Å². The number of phenolic OH excluding ortho intramolecular Hbond substituents is 4. The van der Waals surface area contributed by atoms with Crippen LogP contribution in [0.15, 0.2) is 91.0 Å². The van der Waals surface area contributed by atoms with Crippen LogP contribution in [0.2, 0.25) is 0 Å². The third-order valence-electron chi connectivity index (χ3n) is 15.4. The summed E-state index contributed by atoms with van der Waals surface area (Å²) >= 11 is 5.49. The number of thiocarbonyl (C=S) groups is 1. The Bertz CT molecular complexity index is 3610. The average Bonchev–Trinajstić information content (AvgIpc) is 1.48. The number of aliphatic carboxylic acids is 5. The molecule has 0 saturated carbocycles. The van der Waals surface area contributed by atoms with Gasteiger partial charge in [-0.15, -0.1) is 0 Å². The molecule has 0 bridgehead atoms. The fourth-order valence-corrected chi connectivity index (χ4v) is 11.0. The van der Waals surface area contributed by atoms with E-state index in [4.69, 9.17) is 36.3 Å². The summed E-state index contributed by atoms with van der Waals surface area (Å²) in [7, 11) is 0. The maximum Gasteiger partial charge on any atom is 0.340 e. The number of carboxylic acid groups (broad SMARTS) is 5. The molecule has 2 atom stereocenters. The van der Waals surface area contributed by atoms with Crippen molar-refractivity contribution in [2.45, 2.75) is 88.6 Å². The fraction of sp³-hybridized carbons (Fsp3) is 0.385. The van der Waals surface area contributed by atoms with Crippen LogP contribution in [0.4, 0.5) is 10.5 Å². The lowest BCUT2D eigenvalue weighted by Crippen LogP contribution is -2.51.